The summed E-state index contributed by atoms with van der Waals surface area (Å²) in [5, 5.41) is 1.18. The quantitative estimate of drug-likeness (QED) is 0.753. The lowest BCUT2D eigenvalue weighted by molar-refractivity contribution is 0.686. The Balaban J connectivity index is 2.93. The lowest BCUT2D eigenvalue weighted by Gasteiger charge is -2.01. The van der Waals surface area contributed by atoms with Gasteiger partial charge < -0.3 is 0 Å². The third-order valence-corrected chi connectivity index (χ3v) is 2.68. The molecule has 1 nitrogen and oxygen atoms in total. The van der Waals surface area contributed by atoms with Gasteiger partial charge in [-0.15, -0.1) is 0 Å². The van der Waals surface area contributed by atoms with Crippen LogP contribution in [0.1, 0.15) is 5.56 Å². The van der Waals surface area contributed by atoms with Crippen LogP contribution in [0.5, 0.6) is 0 Å². The van der Waals surface area contributed by atoms with Crippen LogP contribution in [0.25, 0.3) is 0 Å². The van der Waals surface area contributed by atoms with Crippen molar-refractivity contribution in [2.75, 3.05) is 6.26 Å². The van der Waals surface area contributed by atoms with Gasteiger partial charge in [-0.05, 0) is 17.7 Å². The Hall–Kier alpha value is -0.0500. The van der Waals surface area contributed by atoms with Crippen LogP contribution in [0, 0.1) is 0 Å². The van der Waals surface area contributed by atoms with E-state index in [4.69, 9.17) is 23.2 Å². The minimum atomic E-state index is -0.861. The van der Waals surface area contributed by atoms with Gasteiger partial charge in [0.25, 0.3) is 0 Å². The van der Waals surface area contributed by atoms with E-state index in [1.807, 2.05) is 0 Å². The molecule has 0 heterocycles. The van der Waals surface area contributed by atoms with Gasteiger partial charge in [-0.25, -0.2) is 0 Å². The molecule has 0 bridgehead atoms. The second kappa shape index (κ2) is 4.26. The SMILES string of the molecule is CS(=O)Cc1ccc(Cl)cc1Cl. The van der Waals surface area contributed by atoms with Crippen LogP contribution in [0.2, 0.25) is 10.0 Å². The Kier molecular flexibility index (Phi) is 3.56. The molecule has 0 spiro atoms. The predicted molar refractivity (Wildman–Crippen MR) is 54.2 cm³/mol. The molecule has 0 saturated heterocycles. The Morgan fingerprint density at radius 3 is 2.58 bits per heavy atom. The lowest BCUT2D eigenvalue weighted by atomic mass is 10.2. The summed E-state index contributed by atoms with van der Waals surface area (Å²) in [6.07, 6.45) is 1.64. The Morgan fingerprint density at radius 2 is 2.08 bits per heavy atom. The first-order valence-corrected chi connectivity index (χ1v) is 5.82. The molecule has 0 aliphatic rings. The molecule has 4 heteroatoms. The molecule has 1 aromatic carbocycles. The van der Waals surface area contributed by atoms with Gasteiger partial charge in [0.05, 0.1) is 0 Å². The number of rotatable bonds is 2. The Morgan fingerprint density at radius 1 is 1.42 bits per heavy atom. The third-order valence-electron chi connectivity index (χ3n) is 1.37. The van der Waals surface area contributed by atoms with E-state index >= 15 is 0 Å². The molecule has 0 saturated carbocycles. The molecule has 0 radical (unpaired) electrons. The van der Waals surface area contributed by atoms with E-state index in [1.54, 1.807) is 24.5 Å². The molecule has 12 heavy (non-hydrogen) atoms. The van der Waals surface area contributed by atoms with Gasteiger partial charge in [0.1, 0.15) is 0 Å². The van der Waals surface area contributed by atoms with Crippen LogP contribution in [-0.2, 0) is 16.6 Å². The van der Waals surface area contributed by atoms with E-state index in [-0.39, 0.29) is 0 Å². The second-order valence-corrected chi connectivity index (χ2v) is 4.73. The zero-order valence-electron chi connectivity index (χ0n) is 6.51. The van der Waals surface area contributed by atoms with Gasteiger partial charge in [0.15, 0.2) is 0 Å². The second-order valence-electron chi connectivity index (χ2n) is 2.45. The fourth-order valence-corrected chi connectivity index (χ4v) is 2.10. The maximum absolute atomic E-state index is 10.9. The monoisotopic (exact) mass is 222 g/mol. The van der Waals surface area contributed by atoms with Crippen molar-refractivity contribution in [1.82, 2.24) is 0 Å². The minimum Gasteiger partial charge on any atom is -0.260 e. The summed E-state index contributed by atoms with van der Waals surface area (Å²) in [5.74, 6) is 0.482. The topological polar surface area (TPSA) is 17.1 Å². The average Bonchev–Trinajstić information content (AvgIpc) is 1.94. The third kappa shape index (κ3) is 2.77. The van der Waals surface area contributed by atoms with Crippen LogP contribution in [-0.4, -0.2) is 10.5 Å². The maximum atomic E-state index is 10.9. The van der Waals surface area contributed by atoms with Crippen LogP contribution >= 0.6 is 23.2 Å². The van der Waals surface area contributed by atoms with Crippen molar-refractivity contribution in [3.05, 3.63) is 33.8 Å². The summed E-state index contributed by atoms with van der Waals surface area (Å²) in [6, 6.07) is 5.20. The molecule has 1 atom stereocenters. The Labute approximate surface area is 84.1 Å². The first kappa shape index (κ1) is 10.0. The molecular weight excluding hydrogens is 215 g/mol. The normalized spacial score (nSPS) is 12.9. The van der Waals surface area contributed by atoms with Gasteiger partial charge in [0, 0.05) is 32.9 Å². The van der Waals surface area contributed by atoms with Gasteiger partial charge in [-0.3, -0.25) is 4.21 Å². The standard InChI is InChI=1S/C8H8Cl2OS/c1-12(11)5-6-2-3-7(9)4-8(6)10/h2-4H,5H2,1H3. The van der Waals surface area contributed by atoms with Crippen molar-refractivity contribution < 1.29 is 4.21 Å². The highest BCUT2D eigenvalue weighted by molar-refractivity contribution is 7.83. The molecule has 0 amide bonds. The number of halogens is 2. The van der Waals surface area contributed by atoms with E-state index in [1.165, 1.54) is 0 Å². The van der Waals surface area contributed by atoms with Gasteiger partial charge >= 0.3 is 0 Å². The average molecular weight is 223 g/mol. The van der Waals surface area contributed by atoms with Crippen molar-refractivity contribution >= 4 is 34.0 Å². The zero-order valence-corrected chi connectivity index (χ0v) is 8.84. The van der Waals surface area contributed by atoms with E-state index in [9.17, 15) is 4.21 Å². The fourth-order valence-electron chi connectivity index (χ4n) is 0.858. The summed E-state index contributed by atoms with van der Waals surface area (Å²) in [7, 11) is -0.861. The lowest BCUT2D eigenvalue weighted by Crippen LogP contribution is -1.92. The van der Waals surface area contributed by atoms with Gasteiger partial charge in [0.2, 0.25) is 0 Å². The van der Waals surface area contributed by atoms with Crippen LogP contribution < -0.4 is 0 Å². The highest BCUT2D eigenvalue weighted by Crippen LogP contribution is 2.21. The van der Waals surface area contributed by atoms with Gasteiger partial charge in [-0.1, -0.05) is 29.3 Å². The largest absolute Gasteiger partial charge is 0.260 e. The molecule has 0 aliphatic carbocycles. The van der Waals surface area contributed by atoms with Crippen molar-refractivity contribution in [3.63, 3.8) is 0 Å². The van der Waals surface area contributed by atoms with Crippen LogP contribution in [0.3, 0.4) is 0 Å². The molecule has 1 aromatic rings. The number of hydrogen-bond acceptors (Lipinski definition) is 1. The molecule has 0 N–H and O–H groups in total. The van der Waals surface area contributed by atoms with Crippen LogP contribution in [0.15, 0.2) is 18.2 Å². The number of hydrogen-bond donors (Lipinski definition) is 0. The molecule has 1 unspecified atom stereocenters. The summed E-state index contributed by atoms with van der Waals surface area (Å²) in [5.41, 5.74) is 0.877. The first-order valence-electron chi connectivity index (χ1n) is 3.33. The van der Waals surface area contributed by atoms with E-state index in [0.29, 0.717) is 15.8 Å². The molecule has 0 fully saturated rings. The zero-order chi connectivity index (χ0) is 9.14. The summed E-state index contributed by atoms with van der Waals surface area (Å²) in [6.45, 7) is 0. The van der Waals surface area contributed by atoms with E-state index < -0.39 is 10.8 Å². The van der Waals surface area contributed by atoms with Crippen molar-refractivity contribution in [1.29, 1.82) is 0 Å². The number of benzene rings is 1. The van der Waals surface area contributed by atoms with Crippen molar-refractivity contribution in [3.8, 4) is 0 Å². The summed E-state index contributed by atoms with van der Waals surface area (Å²) < 4.78 is 10.9. The molecular formula is C8H8Cl2OS. The molecule has 0 aliphatic heterocycles. The van der Waals surface area contributed by atoms with Crippen LogP contribution in [0.4, 0.5) is 0 Å². The van der Waals surface area contributed by atoms with E-state index in [2.05, 4.69) is 0 Å². The van der Waals surface area contributed by atoms with Gasteiger partial charge in [-0.2, -0.15) is 0 Å². The smallest absolute Gasteiger partial charge is 0.0497 e. The molecule has 0 aromatic heterocycles. The summed E-state index contributed by atoms with van der Waals surface area (Å²) >= 11 is 11.5. The first-order chi connectivity index (χ1) is 5.59. The Bertz CT molecular complexity index is 312. The van der Waals surface area contributed by atoms with E-state index in [0.717, 1.165) is 5.56 Å². The fraction of sp³-hybridized carbons (Fsp3) is 0.250. The maximum Gasteiger partial charge on any atom is 0.0497 e. The molecule has 66 valence electrons. The highest BCUT2D eigenvalue weighted by atomic mass is 35.5. The molecule has 1 rings (SSSR count). The predicted octanol–water partition coefficient (Wildman–Crippen LogP) is 2.87. The highest BCUT2D eigenvalue weighted by Gasteiger charge is 2.02. The minimum absolute atomic E-state index is 0.482. The van der Waals surface area contributed by atoms with Crippen molar-refractivity contribution in [2.24, 2.45) is 0 Å². The summed E-state index contributed by atoms with van der Waals surface area (Å²) in [4.78, 5) is 0. The van der Waals surface area contributed by atoms with Crippen molar-refractivity contribution in [2.45, 2.75) is 5.75 Å².